The van der Waals surface area contributed by atoms with Gasteiger partial charge in [0, 0.05) is 10.4 Å². The molecule has 8 heteroatoms. The lowest BCUT2D eigenvalue weighted by Gasteiger charge is -2.13. The van der Waals surface area contributed by atoms with Gasteiger partial charge in [0.1, 0.15) is 11.5 Å². The molecule has 0 heterocycles. The second-order valence-corrected chi connectivity index (χ2v) is 6.17. The molecule has 0 radical (unpaired) electrons. The lowest BCUT2D eigenvalue weighted by atomic mass is 10.1. The zero-order chi connectivity index (χ0) is 19.9. The molecular formula is C20H18ClN3O4. The van der Waals surface area contributed by atoms with Crippen LogP contribution in [0.2, 0.25) is 5.02 Å². The van der Waals surface area contributed by atoms with Crippen molar-refractivity contribution in [1.82, 2.24) is 10.9 Å². The van der Waals surface area contributed by atoms with E-state index in [0.717, 1.165) is 10.8 Å². The minimum Gasteiger partial charge on any atom is -0.495 e. The van der Waals surface area contributed by atoms with Crippen LogP contribution in [0.5, 0.6) is 11.5 Å². The molecule has 0 fully saturated rings. The van der Waals surface area contributed by atoms with Gasteiger partial charge in [-0.15, -0.1) is 0 Å². The van der Waals surface area contributed by atoms with Crippen LogP contribution in [0.3, 0.4) is 0 Å². The van der Waals surface area contributed by atoms with E-state index in [1.54, 1.807) is 18.2 Å². The molecule has 144 valence electrons. The number of hydrazine groups is 1. The first kappa shape index (κ1) is 19.3. The summed E-state index contributed by atoms with van der Waals surface area (Å²) in [6.07, 6.45) is 0. The van der Waals surface area contributed by atoms with Crippen LogP contribution in [0, 0.1) is 0 Å². The molecular weight excluding hydrogens is 382 g/mol. The minimum absolute atomic E-state index is 0.255. The first-order valence-corrected chi connectivity index (χ1v) is 8.74. The van der Waals surface area contributed by atoms with Gasteiger partial charge in [-0.25, -0.2) is 10.2 Å². The molecule has 0 aliphatic heterocycles. The van der Waals surface area contributed by atoms with Gasteiger partial charge in [-0.3, -0.25) is 10.2 Å². The van der Waals surface area contributed by atoms with Crippen molar-refractivity contribution in [2.24, 2.45) is 0 Å². The summed E-state index contributed by atoms with van der Waals surface area (Å²) < 4.78 is 10.7. The van der Waals surface area contributed by atoms with Crippen molar-refractivity contribution in [2.45, 2.75) is 0 Å². The summed E-state index contributed by atoms with van der Waals surface area (Å²) in [5.74, 6) is 0.507. The molecule has 0 saturated carbocycles. The normalized spacial score (nSPS) is 10.2. The van der Waals surface area contributed by atoms with Gasteiger partial charge in [-0.2, -0.15) is 0 Å². The van der Waals surface area contributed by atoms with Crippen molar-refractivity contribution >= 4 is 40.0 Å². The van der Waals surface area contributed by atoms with E-state index in [-0.39, 0.29) is 6.61 Å². The highest BCUT2D eigenvalue weighted by molar-refractivity contribution is 6.31. The first-order chi connectivity index (χ1) is 13.6. The number of fused-ring (bicyclic) bond motifs is 1. The quantitative estimate of drug-likeness (QED) is 0.570. The van der Waals surface area contributed by atoms with Gasteiger partial charge in [0.15, 0.2) is 6.61 Å². The SMILES string of the molecule is COc1ccc(Cl)cc1NC(=O)NNC(=O)COc1cccc2ccccc12. The summed E-state index contributed by atoms with van der Waals surface area (Å²) in [5.41, 5.74) is 4.89. The number of anilines is 1. The highest BCUT2D eigenvalue weighted by Crippen LogP contribution is 2.27. The van der Waals surface area contributed by atoms with Crippen LogP contribution in [-0.2, 0) is 4.79 Å². The molecule has 3 aromatic carbocycles. The van der Waals surface area contributed by atoms with E-state index in [2.05, 4.69) is 16.2 Å². The van der Waals surface area contributed by atoms with Gasteiger partial charge in [-0.05, 0) is 29.7 Å². The molecule has 3 aromatic rings. The van der Waals surface area contributed by atoms with Crippen molar-refractivity contribution in [1.29, 1.82) is 0 Å². The Morgan fingerprint density at radius 3 is 2.57 bits per heavy atom. The van der Waals surface area contributed by atoms with Crippen LogP contribution in [0.15, 0.2) is 60.7 Å². The number of hydrogen-bond acceptors (Lipinski definition) is 4. The summed E-state index contributed by atoms with van der Waals surface area (Å²) in [5, 5.41) is 4.88. The Balaban J connectivity index is 1.51. The number of amides is 3. The van der Waals surface area contributed by atoms with Crippen molar-refractivity contribution in [2.75, 3.05) is 19.0 Å². The molecule has 0 bridgehead atoms. The number of urea groups is 1. The monoisotopic (exact) mass is 399 g/mol. The number of rotatable bonds is 5. The number of hydrogen-bond donors (Lipinski definition) is 3. The van der Waals surface area contributed by atoms with E-state index in [0.29, 0.717) is 22.2 Å². The van der Waals surface area contributed by atoms with Gasteiger partial charge >= 0.3 is 6.03 Å². The van der Waals surface area contributed by atoms with E-state index >= 15 is 0 Å². The first-order valence-electron chi connectivity index (χ1n) is 8.37. The molecule has 0 atom stereocenters. The van der Waals surface area contributed by atoms with Crippen molar-refractivity contribution in [3.8, 4) is 11.5 Å². The lowest BCUT2D eigenvalue weighted by Crippen LogP contribution is -2.45. The standard InChI is InChI=1S/C20H18ClN3O4/c1-27-18-10-9-14(21)11-16(18)22-20(26)24-23-19(25)12-28-17-8-4-6-13-5-2-3-7-15(13)17/h2-11H,12H2,1H3,(H,23,25)(H2,22,24,26). The fourth-order valence-electron chi connectivity index (χ4n) is 2.56. The van der Waals surface area contributed by atoms with E-state index in [1.807, 2.05) is 36.4 Å². The largest absolute Gasteiger partial charge is 0.495 e. The summed E-state index contributed by atoms with van der Waals surface area (Å²) in [6.45, 7) is -0.255. The molecule has 3 rings (SSSR count). The molecule has 0 spiro atoms. The fourth-order valence-corrected chi connectivity index (χ4v) is 2.73. The van der Waals surface area contributed by atoms with E-state index < -0.39 is 11.9 Å². The van der Waals surface area contributed by atoms with Gasteiger partial charge in [0.25, 0.3) is 5.91 Å². The zero-order valence-corrected chi connectivity index (χ0v) is 15.7. The topological polar surface area (TPSA) is 88.7 Å². The highest BCUT2D eigenvalue weighted by atomic mass is 35.5. The van der Waals surface area contributed by atoms with Crippen LogP contribution in [0.4, 0.5) is 10.5 Å². The predicted octanol–water partition coefficient (Wildman–Crippen LogP) is 3.73. The summed E-state index contributed by atoms with van der Waals surface area (Å²) >= 11 is 5.91. The predicted molar refractivity (Wildman–Crippen MR) is 108 cm³/mol. The molecule has 28 heavy (non-hydrogen) atoms. The Morgan fingerprint density at radius 2 is 1.75 bits per heavy atom. The Morgan fingerprint density at radius 1 is 0.964 bits per heavy atom. The molecule has 0 aromatic heterocycles. The Labute approximate surface area is 166 Å². The Bertz CT molecular complexity index is 1000. The molecule has 3 N–H and O–H groups in total. The Kier molecular flexibility index (Phi) is 6.18. The van der Waals surface area contributed by atoms with Crippen molar-refractivity contribution < 1.29 is 19.1 Å². The third kappa shape index (κ3) is 4.83. The van der Waals surface area contributed by atoms with Crippen LogP contribution in [0.25, 0.3) is 10.8 Å². The fraction of sp³-hybridized carbons (Fsp3) is 0.100. The molecule has 0 aliphatic rings. The van der Waals surface area contributed by atoms with Crippen LogP contribution in [-0.4, -0.2) is 25.7 Å². The summed E-state index contributed by atoms with van der Waals surface area (Å²) in [7, 11) is 1.47. The maximum absolute atomic E-state index is 12.0. The maximum Gasteiger partial charge on any atom is 0.338 e. The lowest BCUT2D eigenvalue weighted by molar-refractivity contribution is -0.123. The van der Waals surface area contributed by atoms with Gasteiger partial charge in [0.05, 0.1) is 12.8 Å². The number of ether oxygens (including phenoxy) is 2. The number of benzene rings is 3. The van der Waals surface area contributed by atoms with Crippen LogP contribution in [0.1, 0.15) is 0 Å². The van der Waals surface area contributed by atoms with E-state index in [4.69, 9.17) is 21.1 Å². The molecule has 7 nitrogen and oxygen atoms in total. The second kappa shape index (κ2) is 8.96. The smallest absolute Gasteiger partial charge is 0.338 e. The summed E-state index contributed by atoms with van der Waals surface area (Å²) in [6, 6.07) is 17.4. The van der Waals surface area contributed by atoms with Gasteiger partial charge < -0.3 is 14.8 Å². The Hall–Kier alpha value is -3.45. The van der Waals surface area contributed by atoms with Crippen LogP contribution >= 0.6 is 11.6 Å². The summed E-state index contributed by atoms with van der Waals surface area (Å²) in [4.78, 5) is 23.9. The number of halogens is 1. The molecule has 0 aliphatic carbocycles. The van der Waals surface area contributed by atoms with Gasteiger partial charge in [-0.1, -0.05) is 48.0 Å². The third-order valence-corrected chi connectivity index (χ3v) is 4.07. The molecule has 0 saturated heterocycles. The highest BCUT2D eigenvalue weighted by Gasteiger charge is 2.10. The third-order valence-electron chi connectivity index (χ3n) is 3.83. The van der Waals surface area contributed by atoms with E-state index in [1.165, 1.54) is 13.2 Å². The van der Waals surface area contributed by atoms with E-state index in [9.17, 15) is 9.59 Å². The number of carbonyl (C=O) groups excluding carboxylic acids is 2. The average Bonchev–Trinajstić information content (AvgIpc) is 2.71. The van der Waals surface area contributed by atoms with Crippen molar-refractivity contribution in [3.05, 3.63) is 65.7 Å². The van der Waals surface area contributed by atoms with Crippen LogP contribution < -0.4 is 25.6 Å². The number of methoxy groups -OCH3 is 1. The number of carbonyl (C=O) groups is 2. The van der Waals surface area contributed by atoms with Crippen molar-refractivity contribution in [3.63, 3.8) is 0 Å². The zero-order valence-electron chi connectivity index (χ0n) is 15.0. The molecule has 3 amide bonds. The molecule has 0 unspecified atom stereocenters. The average molecular weight is 400 g/mol. The maximum atomic E-state index is 12.0. The second-order valence-electron chi connectivity index (χ2n) is 5.74. The minimum atomic E-state index is -0.654. The van der Waals surface area contributed by atoms with Gasteiger partial charge in [0.2, 0.25) is 0 Å². The number of nitrogens with one attached hydrogen (secondary N) is 3.